The van der Waals surface area contributed by atoms with Crippen LogP contribution in [0.15, 0.2) is 18.5 Å². The number of carboxylic acid groups (broad SMARTS) is 3. The maximum absolute atomic E-state index is 12.2. The third kappa shape index (κ3) is 18.1. The van der Waals surface area contributed by atoms with Crippen LogP contribution >= 0.6 is 0 Å². The molecule has 17 heteroatoms. The van der Waals surface area contributed by atoms with Crippen LogP contribution in [0.5, 0.6) is 0 Å². The molecule has 57 heavy (non-hydrogen) atoms. The number of aryl methyl sites for hydroxylation is 1. The zero-order valence-corrected chi connectivity index (χ0v) is 35.9. The van der Waals surface area contributed by atoms with Crippen molar-refractivity contribution in [3.05, 3.63) is 29.6 Å². The van der Waals surface area contributed by atoms with Crippen molar-refractivity contribution >= 4 is 36.0 Å². The number of aromatic carboxylic acids is 1. The van der Waals surface area contributed by atoms with E-state index in [1.54, 1.807) is 51.9 Å². The molecule has 4 rings (SSSR count). The number of aliphatic carboxylic acids is 2. The van der Waals surface area contributed by atoms with Gasteiger partial charge in [0.25, 0.3) is 5.91 Å². The fourth-order valence-corrected chi connectivity index (χ4v) is 6.10. The first-order valence-electron chi connectivity index (χ1n) is 19.4. The molecule has 1 aromatic rings. The summed E-state index contributed by atoms with van der Waals surface area (Å²) in [6.07, 6.45) is 4.61. The van der Waals surface area contributed by atoms with Crippen molar-refractivity contribution in [1.29, 1.82) is 0 Å². The molecule has 3 aliphatic rings. The summed E-state index contributed by atoms with van der Waals surface area (Å²) in [4.78, 5) is 79.8. The van der Waals surface area contributed by atoms with E-state index in [-0.39, 0.29) is 47.8 Å². The Balaban J connectivity index is 0.000000396. The minimum Gasteiger partial charge on any atom is -0.481 e. The Labute approximate surface area is 337 Å². The lowest BCUT2D eigenvalue weighted by molar-refractivity contribution is -0.176. The summed E-state index contributed by atoms with van der Waals surface area (Å²) < 4.78 is 10.6. The van der Waals surface area contributed by atoms with Gasteiger partial charge in [0.1, 0.15) is 11.2 Å². The first-order chi connectivity index (χ1) is 26.3. The number of carbonyl (C=O) groups excluding carboxylic acids is 3. The molecular formula is C40H67N5O12. The molecule has 3 fully saturated rings. The third-order valence-electron chi connectivity index (χ3n) is 9.85. The molecule has 0 saturated carbocycles. The number of piperidine rings is 3. The van der Waals surface area contributed by atoms with Crippen LogP contribution in [-0.4, -0.2) is 136 Å². The predicted molar refractivity (Wildman–Crippen MR) is 211 cm³/mol. The van der Waals surface area contributed by atoms with E-state index >= 15 is 0 Å². The minimum absolute atomic E-state index is 0.103. The van der Waals surface area contributed by atoms with Gasteiger partial charge >= 0.3 is 30.1 Å². The van der Waals surface area contributed by atoms with Crippen molar-refractivity contribution in [3.63, 3.8) is 0 Å². The Morgan fingerprint density at radius 3 is 1.60 bits per heavy atom. The van der Waals surface area contributed by atoms with Gasteiger partial charge < -0.3 is 39.9 Å². The van der Waals surface area contributed by atoms with Crippen molar-refractivity contribution in [2.24, 2.45) is 35.5 Å². The minimum atomic E-state index is -0.925. The third-order valence-corrected chi connectivity index (χ3v) is 9.85. The molecule has 324 valence electrons. The molecule has 3 saturated heterocycles. The number of nitrogens with one attached hydrogen (secondary N) is 1. The largest absolute Gasteiger partial charge is 0.481 e. The van der Waals surface area contributed by atoms with Crippen LogP contribution in [-0.2, 0) is 28.7 Å². The maximum Gasteiger partial charge on any atom is 0.410 e. The van der Waals surface area contributed by atoms with E-state index in [4.69, 9.17) is 29.6 Å². The quantitative estimate of drug-likeness (QED) is 0.278. The van der Waals surface area contributed by atoms with Gasteiger partial charge in [-0.25, -0.2) is 19.4 Å². The second kappa shape index (κ2) is 23.0. The van der Waals surface area contributed by atoms with Crippen molar-refractivity contribution in [1.82, 2.24) is 25.2 Å². The highest BCUT2D eigenvalue weighted by Gasteiger charge is 2.37. The highest BCUT2D eigenvalue weighted by atomic mass is 16.7. The highest BCUT2D eigenvalue weighted by molar-refractivity contribution is 5.88. The molecule has 3 amide bonds. The SMILES string of the molecule is CC1CCN(C(=O)OC(C)(C)C)CC1C(=O)O.CC1CCNCC1C(=O)O.CON(C)C(=O)C1CN(C(=O)OC(C)(C)C)CCC1C.Cc1ccncc1C(=O)O. The van der Waals surface area contributed by atoms with Gasteiger partial charge in [-0.3, -0.25) is 24.2 Å². The number of pyridine rings is 1. The summed E-state index contributed by atoms with van der Waals surface area (Å²) in [5.74, 6) is -2.79. The summed E-state index contributed by atoms with van der Waals surface area (Å²) in [7, 11) is 3.04. The normalized spacial score (nSPS) is 23.4. The second-order valence-corrected chi connectivity index (χ2v) is 16.9. The molecule has 0 bridgehead atoms. The van der Waals surface area contributed by atoms with Crippen LogP contribution in [0, 0.1) is 42.4 Å². The number of hydrogen-bond donors (Lipinski definition) is 4. The van der Waals surface area contributed by atoms with E-state index in [1.165, 1.54) is 23.3 Å². The summed E-state index contributed by atoms with van der Waals surface area (Å²) in [6, 6.07) is 1.67. The van der Waals surface area contributed by atoms with Crippen LogP contribution in [0.2, 0.25) is 0 Å². The molecule has 0 spiro atoms. The Morgan fingerprint density at radius 2 is 1.23 bits per heavy atom. The molecule has 4 N–H and O–H groups in total. The van der Waals surface area contributed by atoms with Gasteiger partial charge in [-0.2, -0.15) is 0 Å². The molecule has 6 atom stereocenters. The van der Waals surface area contributed by atoms with Crippen molar-refractivity contribution in [2.45, 2.75) is 99.7 Å². The zero-order valence-electron chi connectivity index (χ0n) is 35.9. The number of hydrogen-bond acceptors (Lipinski definition) is 11. The lowest BCUT2D eigenvalue weighted by Crippen LogP contribution is -2.50. The van der Waals surface area contributed by atoms with Gasteiger partial charge in [-0.15, -0.1) is 0 Å². The Morgan fingerprint density at radius 1 is 0.772 bits per heavy atom. The van der Waals surface area contributed by atoms with E-state index in [9.17, 15) is 28.8 Å². The smallest absolute Gasteiger partial charge is 0.410 e. The average molecular weight is 810 g/mol. The van der Waals surface area contributed by atoms with Crippen molar-refractivity contribution in [3.8, 4) is 0 Å². The Bertz CT molecular complexity index is 1490. The maximum atomic E-state index is 12.2. The molecule has 4 heterocycles. The number of carbonyl (C=O) groups is 6. The van der Waals surface area contributed by atoms with E-state index in [0.29, 0.717) is 38.5 Å². The fraction of sp³-hybridized carbons (Fsp3) is 0.725. The van der Waals surface area contributed by atoms with Crippen molar-refractivity contribution in [2.75, 3.05) is 53.4 Å². The monoisotopic (exact) mass is 809 g/mol. The van der Waals surface area contributed by atoms with Crippen LogP contribution in [0.4, 0.5) is 9.59 Å². The topological polar surface area (TPSA) is 225 Å². The fourth-order valence-electron chi connectivity index (χ4n) is 6.10. The van der Waals surface area contributed by atoms with E-state index in [0.717, 1.165) is 24.9 Å². The van der Waals surface area contributed by atoms with Gasteiger partial charge in [0.15, 0.2) is 0 Å². The molecule has 6 unspecified atom stereocenters. The number of carboxylic acids is 3. The van der Waals surface area contributed by atoms with E-state index in [1.807, 2.05) is 41.5 Å². The lowest BCUT2D eigenvalue weighted by atomic mass is 9.86. The van der Waals surface area contributed by atoms with Crippen LogP contribution < -0.4 is 5.32 Å². The summed E-state index contributed by atoms with van der Waals surface area (Å²) in [6.45, 7) is 22.0. The number of hydroxylamine groups is 2. The number of nitrogens with zero attached hydrogens (tertiary/aromatic N) is 4. The van der Waals surface area contributed by atoms with Crippen LogP contribution in [0.1, 0.15) is 97.5 Å². The van der Waals surface area contributed by atoms with Crippen molar-refractivity contribution < 1.29 is 58.4 Å². The zero-order chi connectivity index (χ0) is 43.8. The number of amides is 3. The van der Waals surface area contributed by atoms with Gasteiger partial charge in [0, 0.05) is 52.2 Å². The van der Waals surface area contributed by atoms with Gasteiger partial charge in [0.2, 0.25) is 0 Å². The first-order valence-corrected chi connectivity index (χ1v) is 19.4. The van der Waals surface area contributed by atoms with Crippen LogP contribution in [0.25, 0.3) is 0 Å². The number of likely N-dealkylation sites (tertiary alicyclic amines) is 2. The molecule has 0 radical (unpaired) electrons. The Hall–Kier alpha value is -4.51. The summed E-state index contributed by atoms with van der Waals surface area (Å²) in [5, 5.41) is 30.5. The number of aromatic nitrogens is 1. The first kappa shape index (κ1) is 50.5. The van der Waals surface area contributed by atoms with Gasteiger partial charge in [-0.05, 0) is 104 Å². The predicted octanol–water partition coefficient (Wildman–Crippen LogP) is 5.27. The molecule has 3 aliphatic heterocycles. The summed E-state index contributed by atoms with van der Waals surface area (Å²) in [5.41, 5.74) is -0.0630. The number of ether oxygens (including phenoxy) is 2. The van der Waals surface area contributed by atoms with E-state index in [2.05, 4.69) is 10.3 Å². The molecule has 0 aliphatic carbocycles. The molecular weight excluding hydrogens is 742 g/mol. The lowest BCUT2D eigenvalue weighted by Gasteiger charge is -2.37. The Kier molecular flexibility index (Phi) is 20.4. The standard InChI is InChI=1S/C14H26N2O4.C12H21NO4.C7H13NO2.C7H7NO2/c1-10-7-8-16(13(18)20-14(2,3)4)9-11(10)12(17)15(5)19-6;1-8-5-6-13(7-9(8)10(14)15)11(16)17-12(2,3)4;2*1-5-2-3-8-4-6(5)7(9)10/h10-11H,7-9H2,1-6H3;8-9H,5-7H2,1-4H3,(H,14,15);5-6,8H,2-4H2,1H3,(H,9,10);2-4H,1H3,(H,9,10). The van der Waals surface area contributed by atoms with Gasteiger partial charge in [-0.1, -0.05) is 20.8 Å². The molecule has 0 aromatic carbocycles. The van der Waals surface area contributed by atoms with Gasteiger partial charge in [0.05, 0.1) is 30.4 Å². The molecule has 1 aromatic heterocycles. The average Bonchev–Trinajstić information content (AvgIpc) is 3.10. The summed E-state index contributed by atoms with van der Waals surface area (Å²) >= 11 is 0. The highest BCUT2D eigenvalue weighted by Crippen LogP contribution is 2.27. The van der Waals surface area contributed by atoms with Crippen LogP contribution in [0.3, 0.4) is 0 Å². The van der Waals surface area contributed by atoms with E-state index < -0.39 is 41.1 Å². The number of rotatable bonds is 5. The molecule has 17 nitrogen and oxygen atoms in total. The second-order valence-electron chi connectivity index (χ2n) is 16.9.